The van der Waals surface area contributed by atoms with Crippen LogP contribution >= 0.6 is 46.6 Å². The van der Waals surface area contributed by atoms with Crippen LogP contribution in [-0.2, 0) is 4.79 Å². The lowest BCUT2D eigenvalue weighted by Crippen LogP contribution is -2.19. The second-order valence-corrected chi connectivity index (χ2v) is 9.97. The molecule has 2 N–H and O–H groups in total. The summed E-state index contributed by atoms with van der Waals surface area (Å²) in [5.74, 6) is -0.528. The van der Waals surface area contributed by atoms with E-state index in [1.807, 2.05) is 48.5 Å². The molecule has 176 valence electrons. The third kappa shape index (κ3) is 6.80. The Bertz CT molecular complexity index is 1350. The maximum atomic E-state index is 13.3. The first kappa shape index (κ1) is 25.1. The highest BCUT2D eigenvalue weighted by molar-refractivity contribution is 8.00. The number of hydrogen-bond acceptors (Lipinski definition) is 3. The minimum absolute atomic E-state index is 0.175. The van der Waals surface area contributed by atoms with Crippen molar-refractivity contribution in [1.82, 2.24) is 0 Å². The Morgan fingerprint density at radius 1 is 0.686 bits per heavy atom. The maximum Gasteiger partial charge on any atom is 0.257 e. The molecule has 2 amide bonds. The summed E-state index contributed by atoms with van der Waals surface area (Å²) >= 11 is 19.4. The summed E-state index contributed by atoms with van der Waals surface area (Å²) in [4.78, 5) is 26.8. The average Bonchev–Trinajstić information content (AvgIpc) is 2.84. The number of carbonyl (C=O) groups excluding carboxylic acids is 2. The van der Waals surface area contributed by atoms with Gasteiger partial charge in [0.15, 0.2) is 0 Å². The lowest BCUT2D eigenvalue weighted by atomic mass is 10.1. The predicted octanol–water partition coefficient (Wildman–Crippen LogP) is 8.37. The van der Waals surface area contributed by atoms with Crippen LogP contribution in [0.3, 0.4) is 0 Å². The Morgan fingerprint density at radius 3 is 2.11 bits per heavy atom. The highest BCUT2D eigenvalue weighted by atomic mass is 35.5. The zero-order chi connectivity index (χ0) is 24.8. The van der Waals surface area contributed by atoms with E-state index in [1.165, 1.54) is 17.8 Å². The molecular weight excluding hydrogens is 523 g/mol. The average molecular weight is 542 g/mol. The number of anilines is 2. The summed E-state index contributed by atoms with van der Waals surface area (Å²) in [6.45, 7) is 0. The Balaban J connectivity index is 1.54. The van der Waals surface area contributed by atoms with Crippen molar-refractivity contribution in [3.8, 4) is 0 Å². The molecule has 0 aliphatic heterocycles. The largest absolute Gasteiger partial charge is 0.325 e. The smallest absolute Gasteiger partial charge is 0.257 e. The molecule has 0 saturated carbocycles. The quantitative estimate of drug-likeness (QED) is 0.231. The summed E-state index contributed by atoms with van der Waals surface area (Å²) < 4.78 is 0. The first-order valence-electron chi connectivity index (χ1n) is 10.5. The van der Waals surface area contributed by atoms with Crippen LogP contribution in [0.5, 0.6) is 0 Å². The Kier molecular flexibility index (Phi) is 8.37. The molecule has 4 aromatic rings. The molecule has 4 nitrogen and oxygen atoms in total. The Morgan fingerprint density at radius 2 is 1.40 bits per heavy atom. The standard InChI is InChI=1S/C27H19Cl3N2O2S/c28-18-9-12-20(13-10-18)31-27(34)25(17-5-2-1-3-6-17)35-22-8-4-7-21(16-22)32-26(33)23-14-11-19(29)15-24(23)30/h1-16,25H,(H,31,34)(H,32,33). The second-order valence-electron chi connectivity index (χ2n) is 7.51. The molecule has 0 aliphatic rings. The summed E-state index contributed by atoms with van der Waals surface area (Å²) in [6, 6.07) is 28.5. The van der Waals surface area contributed by atoms with Crippen LogP contribution in [0.15, 0.2) is 102 Å². The number of hydrogen-bond donors (Lipinski definition) is 2. The molecule has 0 spiro atoms. The number of rotatable bonds is 7. The number of carbonyl (C=O) groups is 2. The number of halogens is 3. The molecule has 4 rings (SSSR count). The second kappa shape index (κ2) is 11.6. The van der Waals surface area contributed by atoms with Crippen molar-refractivity contribution in [2.24, 2.45) is 0 Å². The van der Waals surface area contributed by atoms with Crippen LogP contribution in [0.4, 0.5) is 11.4 Å². The van der Waals surface area contributed by atoms with Gasteiger partial charge in [-0.1, -0.05) is 71.2 Å². The number of nitrogens with one attached hydrogen (secondary N) is 2. The van der Waals surface area contributed by atoms with E-state index in [4.69, 9.17) is 34.8 Å². The van der Waals surface area contributed by atoms with Gasteiger partial charge >= 0.3 is 0 Å². The molecule has 0 radical (unpaired) electrons. The zero-order valence-electron chi connectivity index (χ0n) is 18.2. The van der Waals surface area contributed by atoms with Gasteiger partial charge in [0.05, 0.1) is 10.6 Å². The molecule has 1 atom stereocenters. The predicted molar refractivity (Wildman–Crippen MR) is 146 cm³/mol. The van der Waals surface area contributed by atoms with Gasteiger partial charge in [-0.2, -0.15) is 0 Å². The van der Waals surface area contributed by atoms with Crippen molar-refractivity contribution >= 4 is 69.8 Å². The lowest BCUT2D eigenvalue weighted by molar-refractivity contribution is -0.115. The molecule has 0 fully saturated rings. The van der Waals surface area contributed by atoms with E-state index in [2.05, 4.69) is 10.6 Å². The fourth-order valence-corrected chi connectivity index (χ4v) is 5.00. The van der Waals surface area contributed by atoms with E-state index in [1.54, 1.807) is 42.5 Å². The number of amides is 2. The van der Waals surface area contributed by atoms with Crippen molar-refractivity contribution < 1.29 is 9.59 Å². The lowest BCUT2D eigenvalue weighted by Gasteiger charge is -2.18. The number of benzene rings is 4. The van der Waals surface area contributed by atoms with Crippen LogP contribution in [-0.4, -0.2) is 11.8 Å². The molecular formula is C27H19Cl3N2O2S. The normalized spacial score (nSPS) is 11.5. The third-order valence-electron chi connectivity index (χ3n) is 4.97. The summed E-state index contributed by atoms with van der Waals surface area (Å²) in [6.07, 6.45) is 0. The van der Waals surface area contributed by atoms with Crippen LogP contribution in [0.25, 0.3) is 0 Å². The van der Waals surface area contributed by atoms with Gasteiger partial charge in [-0.15, -0.1) is 11.8 Å². The highest BCUT2D eigenvalue weighted by Crippen LogP contribution is 2.37. The topological polar surface area (TPSA) is 58.2 Å². The molecule has 35 heavy (non-hydrogen) atoms. The minimum atomic E-state index is -0.525. The van der Waals surface area contributed by atoms with Gasteiger partial charge in [0.1, 0.15) is 5.25 Å². The monoisotopic (exact) mass is 540 g/mol. The molecule has 8 heteroatoms. The molecule has 0 aromatic heterocycles. The van der Waals surface area contributed by atoms with E-state index in [0.29, 0.717) is 27.0 Å². The van der Waals surface area contributed by atoms with Crippen LogP contribution in [0, 0.1) is 0 Å². The molecule has 1 unspecified atom stereocenters. The fourth-order valence-electron chi connectivity index (χ4n) is 3.30. The van der Waals surface area contributed by atoms with Gasteiger partial charge in [0.25, 0.3) is 5.91 Å². The first-order valence-corrected chi connectivity index (χ1v) is 12.5. The van der Waals surface area contributed by atoms with Gasteiger partial charge in [0.2, 0.25) is 5.91 Å². The van der Waals surface area contributed by atoms with Crippen LogP contribution in [0.1, 0.15) is 21.2 Å². The van der Waals surface area contributed by atoms with E-state index >= 15 is 0 Å². The van der Waals surface area contributed by atoms with Crippen molar-refractivity contribution in [2.75, 3.05) is 10.6 Å². The number of thioether (sulfide) groups is 1. The van der Waals surface area contributed by atoms with Gasteiger partial charge in [-0.3, -0.25) is 9.59 Å². The van der Waals surface area contributed by atoms with Crippen molar-refractivity contribution in [3.63, 3.8) is 0 Å². The van der Waals surface area contributed by atoms with Crippen LogP contribution < -0.4 is 10.6 Å². The van der Waals surface area contributed by atoms with Crippen LogP contribution in [0.2, 0.25) is 15.1 Å². The van der Waals surface area contributed by atoms with Crippen molar-refractivity contribution in [3.05, 3.63) is 123 Å². The third-order valence-corrected chi connectivity index (χ3v) is 7.02. The zero-order valence-corrected chi connectivity index (χ0v) is 21.3. The minimum Gasteiger partial charge on any atom is -0.325 e. The fraction of sp³-hybridized carbons (Fsp3) is 0.0370. The Hall–Kier alpha value is -2.96. The summed E-state index contributed by atoms with van der Waals surface area (Å²) in [5.41, 5.74) is 2.41. The van der Waals surface area contributed by atoms with Crippen molar-refractivity contribution in [1.29, 1.82) is 0 Å². The molecule has 4 aromatic carbocycles. The molecule has 0 saturated heterocycles. The molecule has 0 aliphatic carbocycles. The van der Waals surface area contributed by atoms with E-state index < -0.39 is 5.25 Å². The summed E-state index contributed by atoms with van der Waals surface area (Å²) in [5, 5.41) is 6.60. The molecule has 0 bridgehead atoms. The highest BCUT2D eigenvalue weighted by Gasteiger charge is 2.22. The van der Waals surface area contributed by atoms with E-state index in [-0.39, 0.29) is 16.8 Å². The Labute approximate surface area is 222 Å². The van der Waals surface area contributed by atoms with E-state index in [9.17, 15) is 9.59 Å². The molecule has 0 heterocycles. The van der Waals surface area contributed by atoms with Gasteiger partial charge in [-0.25, -0.2) is 0 Å². The SMILES string of the molecule is O=C(Nc1cccc(SC(C(=O)Nc2ccc(Cl)cc2)c2ccccc2)c1)c1ccc(Cl)cc1Cl. The van der Waals surface area contributed by atoms with Gasteiger partial charge in [0, 0.05) is 26.3 Å². The summed E-state index contributed by atoms with van der Waals surface area (Å²) in [7, 11) is 0. The van der Waals surface area contributed by atoms with E-state index in [0.717, 1.165) is 10.5 Å². The maximum absolute atomic E-state index is 13.3. The van der Waals surface area contributed by atoms with Crippen molar-refractivity contribution in [2.45, 2.75) is 10.1 Å². The first-order chi connectivity index (χ1) is 16.9. The van der Waals surface area contributed by atoms with Gasteiger partial charge in [-0.05, 0) is 66.2 Å². The van der Waals surface area contributed by atoms with Gasteiger partial charge < -0.3 is 10.6 Å².